The summed E-state index contributed by atoms with van der Waals surface area (Å²) in [7, 11) is 0. The molecule has 2 rings (SSSR count). The SMILES string of the molecule is O=C(Nc1cc(F)c(Br)cc1F)c1cccs1. The van der Waals surface area contributed by atoms with Crippen molar-refractivity contribution in [1.29, 1.82) is 0 Å². The van der Waals surface area contributed by atoms with Crippen LogP contribution in [0.25, 0.3) is 0 Å². The number of benzene rings is 1. The van der Waals surface area contributed by atoms with Crippen molar-refractivity contribution in [2.24, 2.45) is 0 Å². The van der Waals surface area contributed by atoms with E-state index in [2.05, 4.69) is 21.2 Å². The van der Waals surface area contributed by atoms with Crippen LogP contribution < -0.4 is 5.32 Å². The first-order valence-corrected chi connectivity index (χ1v) is 6.24. The van der Waals surface area contributed by atoms with Crippen molar-refractivity contribution in [2.75, 3.05) is 5.32 Å². The van der Waals surface area contributed by atoms with E-state index in [-0.39, 0.29) is 10.2 Å². The molecule has 0 saturated carbocycles. The molecular formula is C11H6BrF2NOS. The van der Waals surface area contributed by atoms with E-state index >= 15 is 0 Å². The van der Waals surface area contributed by atoms with Gasteiger partial charge in [-0.15, -0.1) is 11.3 Å². The van der Waals surface area contributed by atoms with Crippen molar-refractivity contribution in [3.05, 3.63) is 50.6 Å². The van der Waals surface area contributed by atoms with Crippen molar-refractivity contribution in [2.45, 2.75) is 0 Å². The molecule has 1 heterocycles. The summed E-state index contributed by atoms with van der Waals surface area (Å²) in [6.45, 7) is 0. The summed E-state index contributed by atoms with van der Waals surface area (Å²) in [5, 5.41) is 4.05. The molecule has 1 aromatic carbocycles. The maximum atomic E-state index is 13.4. The molecule has 88 valence electrons. The molecule has 0 saturated heterocycles. The molecule has 2 nitrogen and oxygen atoms in total. The molecule has 6 heteroatoms. The molecule has 0 spiro atoms. The van der Waals surface area contributed by atoms with Gasteiger partial charge in [0.05, 0.1) is 15.0 Å². The van der Waals surface area contributed by atoms with Crippen molar-refractivity contribution in [3.8, 4) is 0 Å². The van der Waals surface area contributed by atoms with Gasteiger partial charge in [0.25, 0.3) is 5.91 Å². The lowest BCUT2D eigenvalue weighted by Crippen LogP contribution is -2.11. The Hall–Kier alpha value is -1.27. The normalized spacial score (nSPS) is 10.3. The minimum Gasteiger partial charge on any atom is -0.319 e. The van der Waals surface area contributed by atoms with Crippen LogP contribution in [0, 0.1) is 11.6 Å². The van der Waals surface area contributed by atoms with Crippen LogP contribution in [-0.4, -0.2) is 5.91 Å². The highest BCUT2D eigenvalue weighted by Gasteiger charge is 2.12. The second-order valence-corrected chi connectivity index (χ2v) is 4.98. The van der Waals surface area contributed by atoms with Crippen LogP contribution >= 0.6 is 27.3 Å². The molecule has 0 unspecified atom stereocenters. The molecule has 2 aromatic rings. The topological polar surface area (TPSA) is 29.1 Å². The van der Waals surface area contributed by atoms with Crippen molar-refractivity contribution in [3.63, 3.8) is 0 Å². The van der Waals surface area contributed by atoms with Crippen LogP contribution in [0.1, 0.15) is 9.67 Å². The van der Waals surface area contributed by atoms with Crippen LogP contribution in [0.15, 0.2) is 34.1 Å². The van der Waals surface area contributed by atoms with Gasteiger partial charge in [0.1, 0.15) is 11.6 Å². The van der Waals surface area contributed by atoms with E-state index in [9.17, 15) is 13.6 Å². The molecule has 0 atom stereocenters. The molecule has 0 aliphatic heterocycles. The summed E-state index contributed by atoms with van der Waals surface area (Å²) < 4.78 is 26.6. The van der Waals surface area contributed by atoms with E-state index in [0.29, 0.717) is 4.88 Å². The molecule has 1 amide bonds. The number of amides is 1. The molecule has 0 bridgehead atoms. The minimum atomic E-state index is -0.691. The molecule has 0 fully saturated rings. The van der Waals surface area contributed by atoms with Crippen LogP contribution in [0.2, 0.25) is 0 Å². The van der Waals surface area contributed by atoms with E-state index < -0.39 is 17.5 Å². The highest BCUT2D eigenvalue weighted by Crippen LogP contribution is 2.24. The number of halogens is 3. The zero-order valence-corrected chi connectivity index (χ0v) is 10.7. The number of carbonyl (C=O) groups excluding carboxylic acids is 1. The zero-order valence-electron chi connectivity index (χ0n) is 8.34. The largest absolute Gasteiger partial charge is 0.319 e. The number of carbonyl (C=O) groups is 1. The molecular weight excluding hydrogens is 312 g/mol. The highest BCUT2D eigenvalue weighted by molar-refractivity contribution is 9.10. The minimum absolute atomic E-state index is 0.0177. The van der Waals surface area contributed by atoms with E-state index in [1.54, 1.807) is 17.5 Å². The Morgan fingerprint density at radius 1 is 1.29 bits per heavy atom. The van der Waals surface area contributed by atoms with Gasteiger partial charge in [0.2, 0.25) is 0 Å². The Morgan fingerprint density at radius 3 is 2.71 bits per heavy atom. The van der Waals surface area contributed by atoms with Crippen LogP contribution in [0.4, 0.5) is 14.5 Å². The maximum absolute atomic E-state index is 13.4. The fourth-order valence-electron chi connectivity index (χ4n) is 1.21. The molecule has 1 N–H and O–H groups in total. The van der Waals surface area contributed by atoms with Crippen LogP contribution in [0.3, 0.4) is 0 Å². The molecule has 17 heavy (non-hydrogen) atoms. The standard InChI is InChI=1S/C11H6BrF2NOS/c12-6-4-8(14)9(5-7(6)13)15-11(16)10-2-1-3-17-10/h1-5H,(H,15,16). The fraction of sp³-hybridized carbons (Fsp3) is 0. The van der Waals surface area contributed by atoms with Crippen LogP contribution in [-0.2, 0) is 0 Å². The first kappa shape index (κ1) is 12.2. The molecule has 0 radical (unpaired) electrons. The van der Waals surface area contributed by atoms with Gasteiger partial charge in [-0.2, -0.15) is 0 Å². The van der Waals surface area contributed by atoms with Gasteiger partial charge in [-0.1, -0.05) is 6.07 Å². The Balaban J connectivity index is 2.25. The highest BCUT2D eigenvalue weighted by atomic mass is 79.9. The van der Waals surface area contributed by atoms with Gasteiger partial charge in [0, 0.05) is 6.07 Å². The maximum Gasteiger partial charge on any atom is 0.265 e. The third kappa shape index (κ3) is 2.70. The average Bonchev–Trinajstić information content (AvgIpc) is 2.79. The van der Waals surface area contributed by atoms with Crippen molar-refractivity contribution >= 4 is 38.9 Å². The Bertz CT molecular complexity index is 557. The number of nitrogens with one attached hydrogen (secondary N) is 1. The lowest BCUT2D eigenvalue weighted by molar-refractivity contribution is 0.103. The van der Waals surface area contributed by atoms with Gasteiger partial charge < -0.3 is 5.32 Å². The summed E-state index contributed by atoms with van der Waals surface area (Å²) in [6.07, 6.45) is 0. The number of rotatable bonds is 2. The first-order valence-electron chi connectivity index (χ1n) is 4.57. The van der Waals surface area contributed by atoms with Crippen molar-refractivity contribution in [1.82, 2.24) is 0 Å². The quantitative estimate of drug-likeness (QED) is 0.832. The number of anilines is 1. The lowest BCUT2D eigenvalue weighted by Gasteiger charge is -2.06. The van der Waals surface area contributed by atoms with Gasteiger partial charge >= 0.3 is 0 Å². The predicted molar refractivity (Wildman–Crippen MR) is 66.3 cm³/mol. The summed E-state index contributed by atoms with van der Waals surface area (Å²) >= 11 is 4.09. The van der Waals surface area contributed by atoms with E-state index in [1.807, 2.05) is 0 Å². The van der Waals surface area contributed by atoms with E-state index in [4.69, 9.17) is 0 Å². The molecule has 0 aliphatic carbocycles. The Labute approximate surface area is 108 Å². The van der Waals surface area contributed by atoms with Crippen LogP contribution in [0.5, 0.6) is 0 Å². The molecule has 0 aliphatic rings. The third-order valence-corrected chi connectivity index (χ3v) is 3.48. The number of hydrogen-bond donors (Lipinski definition) is 1. The van der Waals surface area contributed by atoms with Gasteiger partial charge in [-0.3, -0.25) is 4.79 Å². The summed E-state index contributed by atoms with van der Waals surface area (Å²) in [5.41, 5.74) is -0.177. The lowest BCUT2D eigenvalue weighted by atomic mass is 10.3. The summed E-state index contributed by atoms with van der Waals surface area (Å²) in [6, 6.07) is 5.22. The summed E-state index contributed by atoms with van der Waals surface area (Å²) in [5.74, 6) is -1.78. The Morgan fingerprint density at radius 2 is 2.06 bits per heavy atom. The number of thiophene rings is 1. The second kappa shape index (κ2) is 4.93. The average molecular weight is 318 g/mol. The summed E-state index contributed by atoms with van der Waals surface area (Å²) in [4.78, 5) is 12.1. The van der Waals surface area contributed by atoms with Gasteiger partial charge in [0.15, 0.2) is 0 Å². The smallest absolute Gasteiger partial charge is 0.265 e. The van der Waals surface area contributed by atoms with Gasteiger partial charge in [-0.05, 0) is 33.4 Å². The second-order valence-electron chi connectivity index (χ2n) is 3.18. The van der Waals surface area contributed by atoms with Crippen molar-refractivity contribution < 1.29 is 13.6 Å². The number of hydrogen-bond acceptors (Lipinski definition) is 2. The first-order chi connectivity index (χ1) is 8.08. The predicted octanol–water partition coefficient (Wildman–Crippen LogP) is 4.04. The fourth-order valence-corrected chi connectivity index (χ4v) is 2.14. The third-order valence-electron chi connectivity index (χ3n) is 2.00. The monoisotopic (exact) mass is 317 g/mol. The van der Waals surface area contributed by atoms with E-state index in [0.717, 1.165) is 12.1 Å². The molecule has 1 aromatic heterocycles. The van der Waals surface area contributed by atoms with E-state index in [1.165, 1.54) is 11.3 Å². The zero-order chi connectivity index (χ0) is 12.4. The van der Waals surface area contributed by atoms with Gasteiger partial charge in [-0.25, -0.2) is 8.78 Å². The Kier molecular flexibility index (Phi) is 3.54.